The highest BCUT2D eigenvalue weighted by Crippen LogP contribution is 2.35. The molecule has 2 N–H and O–H groups in total. The third-order valence-electron chi connectivity index (χ3n) is 5.57. The Bertz CT molecular complexity index is 1320. The monoisotopic (exact) mass is 620 g/mol. The maximum atomic E-state index is 13.5. The second kappa shape index (κ2) is 11.1. The third kappa shape index (κ3) is 5.54. The van der Waals surface area contributed by atoms with Crippen LogP contribution >= 0.6 is 34.2 Å². The molecule has 0 spiro atoms. The van der Waals surface area contributed by atoms with Gasteiger partial charge in [0.25, 0.3) is 17.5 Å². The number of hydrazine groups is 1. The van der Waals surface area contributed by atoms with Gasteiger partial charge >= 0.3 is 0 Å². The summed E-state index contributed by atoms with van der Waals surface area (Å²) >= 11 is 8.08. The van der Waals surface area contributed by atoms with E-state index in [1.54, 1.807) is 42.5 Å². The summed E-state index contributed by atoms with van der Waals surface area (Å²) in [6, 6.07) is 16.1. The van der Waals surface area contributed by atoms with E-state index in [0.717, 1.165) is 21.4 Å². The quantitative estimate of drug-likeness (QED) is 0.139. The Morgan fingerprint density at radius 3 is 2.64 bits per heavy atom. The summed E-state index contributed by atoms with van der Waals surface area (Å²) in [5.74, 6) is -0.337. The molecular formula is C25H22ClIN4O5. The maximum absolute atomic E-state index is 13.5. The van der Waals surface area contributed by atoms with Crippen LogP contribution in [0.15, 0.2) is 60.7 Å². The van der Waals surface area contributed by atoms with E-state index in [4.69, 9.17) is 16.3 Å². The first-order valence-electron chi connectivity index (χ1n) is 11.2. The number of nitrogens with zero attached hydrogens (tertiary/aromatic N) is 2. The van der Waals surface area contributed by atoms with Crippen molar-refractivity contribution in [2.75, 3.05) is 11.9 Å². The molecule has 3 aromatic carbocycles. The zero-order valence-electron chi connectivity index (χ0n) is 19.2. The summed E-state index contributed by atoms with van der Waals surface area (Å²) < 4.78 is 6.48. The lowest BCUT2D eigenvalue weighted by Gasteiger charge is -2.37. The van der Waals surface area contributed by atoms with Crippen LogP contribution in [0, 0.1) is 13.7 Å². The number of benzene rings is 3. The van der Waals surface area contributed by atoms with E-state index in [1.807, 2.05) is 6.07 Å². The van der Waals surface area contributed by atoms with Crippen molar-refractivity contribution in [1.29, 1.82) is 0 Å². The summed E-state index contributed by atoms with van der Waals surface area (Å²) in [6.07, 6.45) is 1.02. The number of hydrogen-bond donors (Lipinski definition) is 2. The molecule has 0 aliphatic carbocycles. The first-order valence-corrected chi connectivity index (χ1v) is 12.6. The number of anilines is 1. The highest BCUT2D eigenvalue weighted by molar-refractivity contribution is 14.1. The Kier molecular flexibility index (Phi) is 7.94. The smallest absolute Gasteiger partial charge is 0.288 e. The van der Waals surface area contributed by atoms with Crippen LogP contribution in [0.4, 0.5) is 11.4 Å². The van der Waals surface area contributed by atoms with Crippen molar-refractivity contribution in [1.82, 2.24) is 10.4 Å². The number of ether oxygens (including phenoxy) is 1. The molecule has 186 valence electrons. The number of nitro groups is 1. The van der Waals surface area contributed by atoms with Crippen LogP contribution in [-0.4, -0.2) is 28.4 Å². The molecule has 0 aromatic heterocycles. The average molecular weight is 621 g/mol. The highest BCUT2D eigenvalue weighted by atomic mass is 127. The lowest BCUT2D eigenvalue weighted by molar-refractivity contribution is -0.384. The van der Waals surface area contributed by atoms with E-state index >= 15 is 0 Å². The van der Waals surface area contributed by atoms with Crippen molar-refractivity contribution in [3.8, 4) is 5.75 Å². The van der Waals surface area contributed by atoms with Crippen molar-refractivity contribution < 1.29 is 19.2 Å². The van der Waals surface area contributed by atoms with Gasteiger partial charge in [0.1, 0.15) is 16.9 Å². The number of hydrogen-bond acceptors (Lipinski definition) is 6. The predicted molar refractivity (Wildman–Crippen MR) is 144 cm³/mol. The van der Waals surface area contributed by atoms with E-state index in [9.17, 15) is 19.7 Å². The summed E-state index contributed by atoms with van der Waals surface area (Å²) in [7, 11) is 0. The van der Waals surface area contributed by atoms with E-state index in [2.05, 4.69) is 40.3 Å². The van der Waals surface area contributed by atoms with Crippen LogP contribution in [-0.2, 0) is 0 Å². The number of amides is 2. The van der Waals surface area contributed by atoms with Gasteiger partial charge in [0.15, 0.2) is 0 Å². The minimum atomic E-state index is -0.915. The number of nitrogens with one attached hydrogen (secondary N) is 2. The first-order chi connectivity index (χ1) is 17.3. The second-order valence-corrected chi connectivity index (χ2v) is 9.70. The Morgan fingerprint density at radius 2 is 1.94 bits per heavy atom. The van der Waals surface area contributed by atoms with Gasteiger partial charge in [0.2, 0.25) is 0 Å². The number of nitro benzene ring substituents is 1. The van der Waals surface area contributed by atoms with Gasteiger partial charge in [-0.2, -0.15) is 0 Å². The Balaban J connectivity index is 1.65. The molecule has 1 aliphatic heterocycles. The lowest BCUT2D eigenvalue weighted by Crippen LogP contribution is -2.52. The van der Waals surface area contributed by atoms with Crippen molar-refractivity contribution in [3.05, 3.63) is 96.1 Å². The molecule has 9 nitrogen and oxygen atoms in total. The van der Waals surface area contributed by atoms with Gasteiger partial charge in [-0.1, -0.05) is 31.0 Å². The molecule has 3 aromatic rings. The molecule has 0 radical (unpaired) electrons. The van der Waals surface area contributed by atoms with Gasteiger partial charge in [-0.05, 0) is 77.5 Å². The molecule has 0 saturated carbocycles. The van der Waals surface area contributed by atoms with Crippen LogP contribution in [0.3, 0.4) is 0 Å². The number of rotatable bonds is 8. The van der Waals surface area contributed by atoms with Gasteiger partial charge < -0.3 is 10.1 Å². The molecule has 0 saturated heterocycles. The first kappa shape index (κ1) is 25.7. The normalized spacial score (nSPS) is 14.6. The molecule has 1 heterocycles. The van der Waals surface area contributed by atoms with E-state index < -0.39 is 22.9 Å². The van der Waals surface area contributed by atoms with Crippen LogP contribution in [0.25, 0.3) is 0 Å². The SMILES string of the molecule is CCCCOc1ccc(C(=O)NN2C(=O)c3cc(I)ccc3N[C@H]2c2ccc(Cl)c([N+](=O)[O-])c2)cc1. The fourth-order valence-electron chi connectivity index (χ4n) is 3.68. The van der Waals surface area contributed by atoms with E-state index in [-0.39, 0.29) is 10.7 Å². The highest BCUT2D eigenvalue weighted by Gasteiger charge is 2.35. The Labute approximate surface area is 226 Å². The predicted octanol–water partition coefficient (Wildman–Crippen LogP) is 5.94. The van der Waals surface area contributed by atoms with Gasteiger partial charge in [0, 0.05) is 26.5 Å². The zero-order chi connectivity index (χ0) is 25.8. The van der Waals surface area contributed by atoms with Crippen LogP contribution < -0.4 is 15.5 Å². The van der Waals surface area contributed by atoms with E-state index in [1.165, 1.54) is 12.1 Å². The van der Waals surface area contributed by atoms with Crippen LogP contribution in [0.5, 0.6) is 5.75 Å². The summed E-state index contributed by atoms with van der Waals surface area (Å²) in [5.41, 5.74) is 3.97. The van der Waals surface area contributed by atoms with Gasteiger partial charge in [-0.15, -0.1) is 0 Å². The average Bonchev–Trinajstić information content (AvgIpc) is 2.86. The topological polar surface area (TPSA) is 114 Å². The number of carbonyl (C=O) groups is 2. The largest absolute Gasteiger partial charge is 0.494 e. The number of halogens is 2. The standard InChI is InChI=1S/C25H22ClIN4O5/c1-2-3-12-36-18-8-4-15(5-9-18)24(32)29-30-23(16-6-10-20(26)22(13-16)31(34)35)28-21-11-7-17(27)14-19(21)25(30)33/h4-11,13-14,23,28H,2-3,12H2,1H3,(H,29,32)/t23-/m1/s1. The molecule has 36 heavy (non-hydrogen) atoms. The van der Waals surface area contributed by atoms with Crippen molar-refractivity contribution in [2.45, 2.75) is 25.9 Å². The molecule has 0 bridgehead atoms. The summed E-state index contributed by atoms with van der Waals surface area (Å²) in [5, 5.41) is 15.8. The fourth-order valence-corrected chi connectivity index (χ4v) is 4.35. The number of unbranched alkanes of at least 4 members (excludes halogenated alkanes) is 1. The van der Waals surface area contributed by atoms with Crippen molar-refractivity contribution in [3.63, 3.8) is 0 Å². The molecule has 1 aliphatic rings. The van der Waals surface area contributed by atoms with Gasteiger partial charge in [0.05, 0.1) is 17.1 Å². The number of fused-ring (bicyclic) bond motifs is 1. The van der Waals surface area contributed by atoms with Crippen LogP contribution in [0.1, 0.15) is 52.2 Å². The minimum Gasteiger partial charge on any atom is -0.494 e. The molecule has 2 amide bonds. The minimum absolute atomic E-state index is 0.0299. The third-order valence-corrected chi connectivity index (χ3v) is 6.56. The molecule has 4 rings (SSSR count). The summed E-state index contributed by atoms with van der Waals surface area (Å²) in [4.78, 5) is 37.5. The maximum Gasteiger partial charge on any atom is 0.288 e. The van der Waals surface area contributed by atoms with Crippen molar-refractivity contribution >= 4 is 57.4 Å². The van der Waals surface area contributed by atoms with Crippen molar-refractivity contribution in [2.24, 2.45) is 0 Å². The molecule has 0 fully saturated rings. The number of carbonyl (C=O) groups excluding carboxylic acids is 2. The Hall–Kier alpha value is -3.38. The molecule has 1 atom stereocenters. The van der Waals surface area contributed by atoms with E-state index in [0.29, 0.717) is 34.7 Å². The molecule has 0 unspecified atom stereocenters. The Morgan fingerprint density at radius 1 is 1.19 bits per heavy atom. The lowest BCUT2D eigenvalue weighted by atomic mass is 10.0. The molecular weight excluding hydrogens is 599 g/mol. The fraction of sp³-hybridized carbons (Fsp3) is 0.200. The van der Waals surface area contributed by atoms with Gasteiger partial charge in [-0.25, -0.2) is 5.01 Å². The van der Waals surface area contributed by atoms with Gasteiger partial charge in [-0.3, -0.25) is 25.1 Å². The second-order valence-electron chi connectivity index (χ2n) is 8.05. The van der Waals surface area contributed by atoms with Crippen LogP contribution in [0.2, 0.25) is 5.02 Å². The summed E-state index contributed by atoms with van der Waals surface area (Å²) in [6.45, 7) is 2.66. The zero-order valence-corrected chi connectivity index (χ0v) is 22.1. The molecule has 11 heteroatoms.